The Bertz CT molecular complexity index is 673. The zero-order valence-corrected chi connectivity index (χ0v) is 13.9. The molecular formula is C18H19ClO4. The topological polar surface area (TPSA) is 44.8 Å². The molecule has 5 heteroatoms. The number of carbonyl (C=O) groups is 1. The van der Waals surface area contributed by atoms with Crippen molar-refractivity contribution in [3.8, 4) is 0 Å². The van der Waals surface area contributed by atoms with Crippen LogP contribution in [0.15, 0.2) is 35.6 Å². The van der Waals surface area contributed by atoms with Crippen molar-refractivity contribution in [2.24, 2.45) is 5.92 Å². The molecule has 1 fully saturated rings. The van der Waals surface area contributed by atoms with Gasteiger partial charge in [0.05, 0.1) is 6.10 Å². The van der Waals surface area contributed by atoms with Crippen LogP contribution in [-0.2, 0) is 19.0 Å². The van der Waals surface area contributed by atoms with Crippen molar-refractivity contribution in [3.05, 3.63) is 46.2 Å². The van der Waals surface area contributed by atoms with Crippen LogP contribution in [0.5, 0.6) is 0 Å². The molecule has 23 heavy (non-hydrogen) atoms. The predicted octanol–water partition coefficient (Wildman–Crippen LogP) is 4.14. The van der Waals surface area contributed by atoms with Crippen LogP contribution in [0.2, 0.25) is 5.02 Å². The lowest BCUT2D eigenvalue weighted by Crippen LogP contribution is -2.42. The van der Waals surface area contributed by atoms with Crippen LogP contribution in [0.1, 0.15) is 44.8 Å². The maximum atomic E-state index is 12.5. The second-order valence-corrected chi connectivity index (χ2v) is 7.31. The summed E-state index contributed by atoms with van der Waals surface area (Å²) in [4.78, 5) is 12.5. The third-order valence-corrected chi connectivity index (χ3v) is 4.76. The van der Waals surface area contributed by atoms with E-state index < -0.39 is 11.9 Å². The summed E-state index contributed by atoms with van der Waals surface area (Å²) < 4.78 is 17.6. The molecule has 0 N–H and O–H groups in total. The summed E-state index contributed by atoms with van der Waals surface area (Å²) >= 11 is 5.97. The average Bonchev–Trinajstić information content (AvgIpc) is 3.30. The minimum Gasteiger partial charge on any atom is -0.456 e. The van der Waals surface area contributed by atoms with E-state index in [1.54, 1.807) is 26.0 Å². The number of hydrogen-bond donors (Lipinski definition) is 0. The molecule has 4 rings (SSSR count). The highest BCUT2D eigenvalue weighted by Crippen LogP contribution is 2.48. The van der Waals surface area contributed by atoms with Crippen LogP contribution < -0.4 is 0 Å². The Morgan fingerprint density at radius 1 is 1.13 bits per heavy atom. The normalized spacial score (nSPS) is 29.6. The lowest BCUT2D eigenvalue weighted by atomic mass is 9.93. The maximum absolute atomic E-state index is 12.5. The Labute approximate surface area is 140 Å². The van der Waals surface area contributed by atoms with Crippen molar-refractivity contribution in [2.45, 2.75) is 51.1 Å². The summed E-state index contributed by atoms with van der Waals surface area (Å²) in [5.74, 6) is -0.00497. The van der Waals surface area contributed by atoms with Crippen molar-refractivity contribution in [2.75, 3.05) is 0 Å². The van der Waals surface area contributed by atoms with Crippen molar-refractivity contribution in [3.63, 3.8) is 0 Å². The molecule has 1 saturated carbocycles. The molecule has 122 valence electrons. The van der Waals surface area contributed by atoms with Gasteiger partial charge in [-0.1, -0.05) is 23.7 Å². The molecule has 0 bridgehead atoms. The van der Waals surface area contributed by atoms with Crippen molar-refractivity contribution < 1.29 is 19.0 Å². The number of ether oxygens (including phenoxy) is 3. The SMILES string of the molecule is CC1(C)OC(=O)C2=C(C[C@@H](C3CC3)O[C@H]2c2ccc(Cl)cc2)O1. The summed E-state index contributed by atoms with van der Waals surface area (Å²) in [6, 6.07) is 7.39. The first-order valence-corrected chi connectivity index (χ1v) is 8.37. The summed E-state index contributed by atoms with van der Waals surface area (Å²) in [6.07, 6.45) is 2.63. The van der Waals surface area contributed by atoms with E-state index in [0.29, 0.717) is 28.7 Å². The van der Waals surface area contributed by atoms with Gasteiger partial charge in [0.2, 0.25) is 5.79 Å². The molecule has 1 aliphatic carbocycles. The molecule has 2 heterocycles. The number of rotatable bonds is 2. The summed E-state index contributed by atoms with van der Waals surface area (Å²) in [7, 11) is 0. The monoisotopic (exact) mass is 334 g/mol. The van der Waals surface area contributed by atoms with Crippen molar-refractivity contribution in [1.29, 1.82) is 0 Å². The van der Waals surface area contributed by atoms with Gasteiger partial charge in [-0.3, -0.25) is 0 Å². The smallest absolute Gasteiger partial charge is 0.343 e. The first-order chi connectivity index (χ1) is 10.9. The number of carbonyl (C=O) groups excluding carboxylic acids is 1. The summed E-state index contributed by atoms with van der Waals surface area (Å²) in [5, 5.41) is 0.654. The highest BCUT2D eigenvalue weighted by atomic mass is 35.5. The maximum Gasteiger partial charge on any atom is 0.343 e. The Hall–Kier alpha value is -1.52. The van der Waals surface area contributed by atoms with Crippen LogP contribution in [0.3, 0.4) is 0 Å². The minimum absolute atomic E-state index is 0.0936. The number of esters is 1. The summed E-state index contributed by atoms with van der Waals surface area (Å²) in [5.41, 5.74) is 1.39. The Morgan fingerprint density at radius 3 is 2.48 bits per heavy atom. The molecule has 0 saturated heterocycles. The average molecular weight is 335 g/mol. The van der Waals surface area contributed by atoms with Crippen LogP contribution in [0.25, 0.3) is 0 Å². The first-order valence-electron chi connectivity index (χ1n) is 7.99. The van der Waals surface area contributed by atoms with Crippen LogP contribution in [-0.4, -0.2) is 17.9 Å². The third-order valence-electron chi connectivity index (χ3n) is 4.51. The van der Waals surface area contributed by atoms with Crippen molar-refractivity contribution >= 4 is 17.6 Å². The largest absolute Gasteiger partial charge is 0.456 e. The number of cyclic esters (lactones) is 1. The molecule has 3 aliphatic rings. The third kappa shape index (κ3) is 2.86. The van der Waals surface area contributed by atoms with Crippen molar-refractivity contribution in [1.82, 2.24) is 0 Å². The van der Waals surface area contributed by atoms with E-state index in [-0.39, 0.29) is 12.1 Å². The van der Waals surface area contributed by atoms with Gasteiger partial charge in [-0.05, 0) is 36.5 Å². The fraction of sp³-hybridized carbons (Fsp3) is 0.500. The molecule has 0 amide bonds. The van der Waals surface area contributed by atoms with E-state index in [4.69, 9.17) is 25.8 Å². The highest BCUT2D eigenvalue weighted by Gasteiger charge is 2.47. The second-order valence-electron chi connectivity index (χ2n) is 6.88. The van der Waals surface area contributed by atoms with E-state index in [9.17, 15) is 4.79 Å². The number of hydrogen-bond acceptors (Lipinski definition) is 4. The fourth-order valence-electron chi connectivity index (χ4n) is 3.27. The molecule has 1 aromatic rings. The van der Waals surface area contributed by atoms with Gasteiger partial charge in [-0.2, -0.15) is 0 Å². The first kappa shape index (κ1) is 15.0. The number of halogens is 1. The minimum atomic E-state index is -0.925. The van der Waals surface area contributed by atoms with E-state index in [2.05, 4.69) is 0 Å². The Balaban J connectivity index is 1.75. The Morgan fingerprint density at radius 2 is 1.83 bits per heavy atom. The standard InChI is InChI=1S/C18H19ClO4/c1-18(2)22-14-9-13(10-3-4-10)21-16(15(14)17(20)23-18)11-5-7-12(19)8-6-11/h5-8,10,13,16H,3-4,9H2,1-2H3/t13-,16-/m0/s1. The van der Waals surface area contributed by atoms with Gasteiger partial charge in [-0.25, -0.2) is 4.79 Å². The van der Waals surface area contributed by atoms with E-state index >= 15 is 0 Å². The molecule has 0 radical (unpaired) electrons. The van der Waals surface area contributed by atoms with Crippen LogP contribution in [0.4, 0.5) is 0 Å². The van der Waals surface area contributed by atoms with Gasteiger partial charge in [0.15, 0.2) is 0 Å². The molecule has 0 spiro atoms. The van der Waals surface area contributed by atoms with Crippen LogP contribution in [0, 0.1) is 5.92 Å². The zero-order chi connectivity index (χ0) is 16.2. The molecule has 0 unspecified atom stereocenters. The van der Waals surface area contributed by atoms with Gasteiger partial charge in [0, 0.05) is 25.3 Å². The van der Waals surface area contributed by atoms with Gasteiger partial charge >= 0.3 is 5.97 Å². The summed E-state index contributed by atoms with van der Waals surface area (Å²) in [6.45, 7) is 3.52. The lowest BCUT2D eigenvalue weighted by Gasteiger charge is -2.40. The molecular weight excluding hydrogens is 316 g/mol. The quantitative estimate of drug-likeness (QED) is 0.762. The lowest BCUT2D eigenvalue weighted by molar-refractivity contribution is -0.218. The van der Waals surface area contributed by atoms with Gasteiger partial charge in [-0.15, -0.1) is 0 Å². The molecule has 1 aromatic carbocycles. The van der Waals surface area contributed by atoms with Gasteiger partial charge in [0.25, 0.3) is 0 Å². The second kappa shape index (κ2) is 5.25. The molecule has 2 atom stereocenters. The zero-order valence-electron chi connectivity index (χ0n) is 13.2. The van der Waals surface area contributed by atoms with Gasteiger partial charge < -0.3 is 14.2 Å². The van der Waals surface area contributed by atoms with E-state index in [0.717, 1.165) is 5.56 Å². The number of benzene rings is 1. The van der Waals surface area contributed by atoms with Gasteiger partial charge in [0.1, 0.15) is 17.4 Å². The van der Waals surface area contributed by atoms with Crippen LogP contribution >= 0.6 is 11.6 Å². The van der Waals surface area contributed by atoms with E-state index in [1.165, 1.54) is 12.8 Å². The predicted molar refractivity (Wildman–Crippen MR) is 84.7 cm³/mol. The highest BCUT2D eigenvalue weighted by molar-refractivity contribution is 6.30. The molecule has 4 nitrogen and oxygen atoms in total. The van der Waals surface area contributed by atoms with E-state index in [1.807, 2.05) is 12.1 Å². The fourth-order valence-corrected chi connectivity index (χ4v) is 3.40. The molecule has 0 aromatic heterocycles. The Kier molecular flexibility index (Phi) is 3.43. The molecule has 2 aliphatic heterocycles.